The van der Waals surface area contributed by atoms with E-state index in [0.717, 1.165) is 29.7 Å². The molecule has 0 unspecified atom stereocenters. The average Bonchev–Trinajstić information content (AvgIpc) is 2.96. The lowest BCUT2D eigenvalue weighted by Gasteiger charge is -2.18. The summed E-state index contributed by atoms with van der Waals surface area (Å²) >= 11 is 0. The Bertz CT molecular complexity index is 403. The van der Waals surface area contributed by atoms with Crippen molar-refractivity contribution in [3.63, 3.8) is 0 Å². The molecule has 1 fully saturated rings. The van der Waals surface area contributed by atoms with E-state index in [9.17, 15) is 5.11 Å². The largest absolute Gasteiger partial charge is 0.496 e. The van der Waals surface area contributed by atoms with Gasteiger partial charge in [0.15, 0.2) is 0 Å². The number of benzene rings is 1. The van der Waals surface area contributed by atoms with Gasteiger partial charge in [-0.25, -0.2) is 0 Å². The second kappa shape index (κ2) is 3.77. The van der Waals surface area contributed by atoms with Crippen LogP contribution in [0, 0.1) is 6.92 Å². The smallest absolute Gasteiger partial charge is 0.125 e. The first-order chi connectivity index (χ1) is 7.48. The lowest BCUT2D eigenvalue weighted by Crippen LogP contribution is -2.07. The number of hydrogen-bond acceptors (Lipinski definition) is 2. The summed E-state index contributed by atoms with van der Waals surface area (Å²) in [6.07, 6.45) is 1.77. The van der Waals surface area contributed by atoms with Gasteiger partial charge in [-0.2, -0.15) is 0 Å². The van der Waals surface area contributed by atoms with Crippen molar-refractivity contribution in [2.45, 2.75) is 45.1 Å². The minimum Gasteiger partial charge on any atom is -0.496 e. The Morgan fingerprint density at radius 3 is 2.38 bits per heavy atom. The summed E-state index contributed by atoms with van der Waals surface area (Å²) in [4.78, 5) is 0. The Morgan fingerprint density at radius 2 is 1.94 bits per heavy atom. The number of aliphatic hydroxyl groups is 1. The van der Waals surface area contributed by atoms with Crippen molar-refractivity contribution in [2.24, 2.45) is 0 Å². The number of ether oxygens (including phenoxy) is 1. The van der Waals surface area contributed by atoms with Crippen LogP contribution in [0.4, 0.5) is 0 Å². The van der Waals surface area contributed by atoms with Gasteiger partial charge in [-0.3, -0.25) is 0 Å². The summed E-state index contributed by atoms with van der Waals surface area (Å²) in [5, 5.41) is 10.2. The zero-order valence-corrected chi connectivity index (χ0v) is 10.5. The highest BCUT2D eigenvalue weighted by atomic mass is 16.5. The van der Waals surface area contributed by atoms with Crippen LogP contribution < -0.4 is 4.74 Å². The maximum Gasteiger partial charge on any atom is 0.125 e. The van der Waals surface area contributed by atoms with Crippen molar-refractivity contribution < 1.29 is 9.84 Å². The van der Waals surface area contributed by atoms with Crippen molar-refractivity contribution in [3.05, 3.63) is 28.8 Å². The molecule has 1 saturated carbocycles. The Morgan fingerprint density at radius 1 is 1.31 bits per heavy atom. The van der Waals surface area contributed by atoms with Gasteiger partial charge in [-0.1, -0.05) is 13.8 Å². The molecule has 16 heavy (non-hydrogen) atoms. The third kappa shape index (κ3) is 1.82. The van der Waals surface area contributed by atoms with Crippen LogP contribution in [0.3, 0.4) is 0 Å². The first-order valence-electron chi connectivity index (χ1n) is 5.89. The van der Waals surface area contributed by atoms with Crippen LogP contribution in [-0.4, -0.2) is 12.2 Å². The van der Waals surface area contributed by atoms with Gasteiger partial charge in [-0.15, -0.1) is 0 Å². The summed E-state index contributed by atoms with van der Waals surface area (Å²) < 4.78 is 5.44. The normalized spacial score (nSPS) is 17.6. The predicted octanol–water partition coefficient (Wildman–Crippen LogP) is 3.11. The van der Waals surface area contributed by atoms with E-state index in [4.69, 9.17) is 4.74 Å². The zero-order chi connectivity index (χ0) is 11.9. The number of rotatable bonds is 3. The SMILES string of the molecule is COc1c(C)cc(C2(O)CC2)cc1C(C)C. The second-order valence-electron chi connectivity index (χ2n) is 5.10. The Labute approximate surface area is 97.3 Å². The highest BCUT2D eigenvalue weighted by molar-refractivity contribution is 5.48. The topological polar surface area (TPSA) is 29.5 Å². The van der Waals surface area contributed by atoms with Gasteiger partial charge in [0.05, 0.1) is 12.7 Å². The molecular formula is C14H20O2. The Kier molecular flexibility index (Phi) is 2.70. The molecule has 0 bridgehead atoms. The Balaban J connectivity index is 2.52. The van der Waals surface area contributed by atoms with Crippen molar-refractivity contribution in [3.8, 4) is 5.75 Å². The van der Waals surface area contributed by atoms with E-state index >= 15 is 0 Å². The molecular weight excluding hydrogens is 200 g/mol. The summed E-state index contributed by atoms with van der Waals surface area (Å²) in [6.45, 7) is 6.34. The number of hydrogen-bond donors (Lipinski definition) is 1. The van der Waals surface area contributed by atoms with Crippen LogP contribution in [0.25, 0.3) is 0 Å². The summed E-state index contributed by atoms with van der Waals surface area (Å²) in [5.74, 6) is 1.37. The van der Waals surface area contributed by atoms with E-state index in [0.29, 0.717) is 5.92 Å². The van der Waals surface area contributed by atoms with Crippen molar-refractivity contribution in [1.29, 1.82) is 0 Å². The first-order valence-corrected chi connectivity index (χ1v) is 5.89. The molecule has 1 aliphatic carbocycles. The molecule has 0 radical (unpaired) electrons. The molecule has 0 saturated heterocycles. The van der Waals surface area contributed by atoms with E-state index in [-0.39, 0.29) is 0 Å². The molecule has 0 aliphatic heterocycles. The molecule has 0 heterocycles. The number of aryl methyl sites for hydroxylation is 1. The molecule has 2 nitrogen and oxygen atoms in total. The summed E-state index contributed by atoms with van der Waals surface area (Å²) in [6, 6.07) is 4.15. The van der Waals surface area contributed by atoms with E-state index in [2.05, 4.69) is 26.0 Å². The van der Waals surface area contributed by atoms with Gasteiger partial charge in [0.1, 0.15) is 5.75 Å². The van der Waals surface area contributed by atoms with Gasteiger partial charge < -0.3 is 9.84 Å². The third-order valence-corrected chi connectivity index (χ3v) is 3.39. The quantitative estimate of drug-likeness (QED) is 0.848. The van der Waals surface area contributed by atoms with Crippen molar-refractivity contribution in [1.82, 2.24) is 0 Å². The van der Waals surface area contributed by atoms with E-state index in [1.807, 2.05) is 6.92 Å². The van der Waals surface area contributed by atoms with Gasteiger partial charge in [-0.05, 0) is 54.5 Å². The van der Waals surface area contributed by atoms with Gasteiger partial charge in [0, 0.05) is 0 Å². The van der Waals surface area contributed by atoms with Crippen LogP contribution in [0.2, 0.25) is 0 Å². The van der Waals surface area contributed by atoms with Gasteiger partial charge >= 0.3 is 0 Å². The fraction of sp³-hybridized carbons (Fsp3) is 0.571. The van der Waals surface area contributed by atoms with Crippen LogP contribution in [-0.2, 0) is 5.60 Å². The molecule has 0 atom stereocenters. The minimum absolute atomic E-state index is 0.413. The third-order valence-electron chi connectivity index (χ3n) is 3.39. The zero-order valence-electron chi connectivity index (χ0n) is 10.5. The second-order valence-corrected chi connectivity index (χ2v) is 5.10. The molecule has 1 aliphatic rings. The van der Waals surface area contributed by atoms with Crippen molar-refractivity contribution >= 4 is 0 Å². The molecule has 2 rings (SSSR count). The molecule has 1 aromatic rings. The van der Waals surface area contributed by atoms with Gasteiger partial charge in [0.2, 0.25) is 0 Å². The summed E-state index contributed by atoms with van der Waals surface area (Å²) in [5.41, 5.74) is 2.80. The monoisotopic (exact) mass is 220 g/mol. The first kappa shape index (κ1) is 11.5. The maximum atomic E-state index is 10.2. The molecule has 2 heteroatoms. The molecule has 0 spiro atoms. The van der Waals surface area contributed by atoms with E-state index in [1.165, 1.54) is 5.56 Å². The van der Waals surface area contributed by atoms with Crippen LogP contribution in [0.15, 0.2) is 12.1 Å². The number of methoxy groups -OCH3 is 1. The molecule has 88 valence electrons. The lowest BCUT2D eigenvalue weighted by molar-refractivity contribution is 0.151. The van der Waals surface area contributed by atoms with Crippen LogP contribution >= 0.6 is 0 Å². The average molecular weight is 220 g/mol. The highest BCUT2D eigenvalue weighted by Crippen LogP contribution is 2.47. The molecule has 0 amide bonds. The summed E-state index contributed by atoms with van der Waals surface area (Å²) in [7, 11) is 1.71. The minimum atomic E-state index is -0.555. The molecule has 1 aromatic carbocycles. The van der Waals surface area contributed by atoms with Crippen LogP contribution in [0.5, 0.6) is 5.75 Å². The highest BCUT2D eigenvalue weighted by Gasteiger charge is 2.42. The van der Waals surface area contributed by atoms with Crippen LogP contribution in [0.1, 0.15) is 49.3 Å². The fourth-order valence-corrected chi connectivity index (χ4v) is 2.18. The van der Waals surface area contributed by atoms with E-state index in [1.54, 1.807) is 7.11 Å². The maximum absolute atomic E-state index is 10.2. The van der Waals surface area contributed by atoms with Gasteiger partial charge in [0.25, 0.3) is 0 Å². The fourth-order valence-electron chi connectivity index (χ4n) is 2.18. The lowest BCUT2D eigenvalue weighted by atomic mass is 9.94. The molecule has 1 N–H and O–H groups in total. The predicted molar refractivity (Wildman–Crippen MR) is 65.0 cm³/mol. The standard InChI is InChI=1S/C14H20O2/c1-9(2)12-8-11(14(15)5-6-14)7-10(3)13(12)16-4/h7-9,15H,5-6H2,1-4H3. The van der Waals surface area contributed by atoms with Crippen molar-refractivity contribution in [2.75, 3.05) is 7.11 Å². The van der Waals surface area contributed by atoms with E-state index < -0.39 is 5.60 Å². The Hall–Kier alpha value is -1.02. The molecule has 0 aromatic heterocycles.